The SMILES string of the molecule is CCC(CC)(CCOCCCOC)CNC1CC1. The second-order valence-corrected chi connectivity index (χ2v) is 5.57. The third-order valence-corrected chi connectivity index (χ3v) is 4.26. The maximum absolute atomic E-state index is 5.71. The van der Waals surface area contributed by atoms with E-state index in [1.807, 2.05) is 0 Å². The summed E-state index contributed by atoms with van der Waals surface area (Å²) in [5.74, 6) is 0. The van der Waals surface area contributed by atoms with E-state index in [0.717, 1.165) is 38.8 Å². The van der Waals surface area contributed by atoms with Crippen LogP contribution in [0.3, 0.4) is 0 Å². The summed E-state index contributed by atoms with van der Waals surface area (Å²) in [6, 6.07) is 0.810. The summed E-state index contributed by atoms with van der Waals surface area (Å²) in [7, 11) is 1.74. The van der Waals surface area contributed by atoms with Gasteiger partial charge in [0.1, 0.15) is 0 Å². The van der Waals surface area contributed by atoms with Gasteiger partial charge in [0.05, 0.1) is 0 Å². The maximum atomic E-state index is 5.71. The van der Waals surface area contributed by atoms with Crippen LogP contribution >= 0.6 is 0 Å². The molecule has 3 heteroatoms. The van der Waals surface area contributed by atoms with Crippen molar-refractivity contribution in [3.05, 3.63) is 0 Å². The van der Waals surface area contributed by atoms with Gasteiger partial charge in [-0.2, -0.15) is 0 Å². The van der Waals surface area contributed by atoms with Gasteiger partial charge >= 0.3 is 0 Å². The first-order valence-electron chi connectivity index (χ1n) is 7.56. The molecule has 1 aliphatic carbocycles. The molecule has 1 fully saturated rings. The minimum Gasteiger partial charge on any atom is -0.385 e. The van der Waals surface area contributed by atoms with E-state index in [4.69, 9.17) is 9.47 Å². The van der Waals surface area contributed by atoms with Crippen molar-refractivity contribution in [3.8, 4) is 0 Å². The van der Waals surface area contributed by atoms with Gasteiger partial charge in [-0.25, -0.2) is 0 Å². The van der Waals surface area contributed by atoms with E-state index in [1.54, 1.807) is 7.11 Å². The lowest BCUT2D eigenvalue weighted by Crippen LogP contribution is -2.35. The molecule has 0 atom stereocenters. The minimum absolute atomic E-state index is 0.434. The zero-order valence-corrected chi connectivity index (χ0v) is 12.5. The van der Waals surface area contributed by atoms with Gasteiger partial charge in [0.2, 0.25) is 0 Å². The number of ether oxygens (including phenoxy) is 2. The van der Waals surface area contributed by atoms with E-state index < -0.39 is 0 Å². The summed E-state index contributed by atoms with van der Waals surface area (Å²) >= 11 is 0. The average molecular weight is 257 g/mol. The Morgan fingerprint density at radius 2 is 1.83 bits per heavy atom. The van der Waals surface area contributed by atoms with Crippen LogP contribution in [-0.2, 0) is 9.47 Å². The predicted octanol–water partition coefficient (Wildman–Crippen LogP) is 2.99. The van der Waals surface area contributed by atoms with Gasteiger partial charge in [-0.05, 0) is 43.9 Å². The second-order valence-electron chi connectivity index (χ2n) is 5.57. The molecule has 0 aromatic heterocycles. The lowest BCUT2D eigenvalue weighted by molar-refractivity contribution is 0.0721. The van der Waals surface area contributed by atoms with Crippen molar-refractivity contribution in [2.24, 2.45) is 5.41 Å². The maximum Gasteiger partial charge on any atom is 0.0487 e. The lowest BCUT2D eigenvalue weighted by atomic mass is 9.79. The Hall–Kier alpha value is -0.120. The van der Waals surface area contributed by atoms with Crippen molar-refractivity contribution >= 4 is 0 Å². The van der Waals surface area contributed by atoms with E-state index in [-0.39, 0.29) is 0 Å². The molecule has 0 aromatic rings. The third kappa shape index (κ3) is 6.17. The van der Waals surface area contributed by atoms with Crippen molar-refractivity contribution in [2.45, 2.75) is 58.4 Å². The molecular weight excluding hydrogens is 226 g/mol. The molecule has 0 heterocycles. The standard InChI is InChI=1S/C15H31NO2/c1-4-15(5-2,13-16-14-7-8-14)9-12-18-11-6-10-17-3/h14,16H,4-13H2,1-3H3. The molecule has 0 saturated heterocycles. The summed E-state index contributed by atoms with van der Waals surface area (Å²) in [6.07, 6.45) is 7.40. The highest BCUT2D eigenvalue weighted by Crippen LogP contribution is 2.31. The zero-order valence-electron chi connectivity index (χ0n) is 12.5. The first-order chi connectivity index (χ1) is 8.76. The molecule has 0 aliphatic heterocycles. The predicted molar refractivity (Wildman–Crippen MR) is 76.0 cm³/mol. The fraction of sp³-hybridized carbons (Fsp3) is 1.00. The van der Waals surface area contributed by atoms with Crippen LogP contribution in [0.2, 0.25) is 0 Å². The fourth-order valence-corrected chi connectivity index (χ4v) is 2.29. The zero-order chi connectivity index (χ0) is 13.3. The normalized spacial score (nSPS) is 16.2. The van der Waals surface area contributed by atoms with Crippen LogP contribution in [-0.4, -0.2) is 39.5 Å². The average Bonchev–Trinajstić information content (AvgIpc) is 3.22. The second kappa shape index (κ2) is 8.89. The highest BCUT2D eigenvalue weighted by atomic mass is 16.5. The van der Waals surface area contributed by atoms with Crippen LogP contribution in [0.25, 0.3) is 0 Å². The first-order valence-corrected chi connectivity index (χ1v) is 7.56. The van der Waals surface area contributed by atoms with E-state index in [2.05, 4.69) is 19.2 Å². The van der Waals surface area contributed by atoms with Crippen molar-refractivity contribution in [2.75, 3.05) is 33.5 Å². The highest BCUT2D eigenvalue weighted by Gasteiger charge is 2.29. The Balaban J connectivity index is 2.14. The van der Waals surface area contributed by atoms with Crippen LogP contribution in [0.5, 0.6) is 0 Å². The summed E-state index contributed by atoms with van der Waals surface area (Å²) in [6.45, 7) is 8.29. The van der Waals surface area contributed by atoms with Crippen LogP contribution in [0.15, 0.2) is 0 Å². The van der Waals surface area contributed by atoms with E-state index in [9.17, 15) is 0 Å². The summed E-state index contributed by atoms with van der Waals surface area (Å²) in [5, 5.41) is 3.69. The van der Waals surface area contributed by atoms with Crippen molar-refractivity contribution in [1.82, 2.24) is 5.32 Å². The van der Waals surface area contributed by atoms with Gasteiger partial charge in [0, 0.05) is 39.5 Å². The van der Waals surface area contributed by atoms with E-state index in [1.165, 1.54) is 32.1 Å². The molecule has 1 rings (SSSR count). The summed E-state index contributed by atoms with van der Waals surface area (Å²) in [4.78, 5) is 0. The molecule has 1 saturated carbocycles. The lowest BCUT2D eigenvalue weighted by Gasteiger charge is -2.32. The first kappa shape index (κ1) is 15.9. The van der Waals surface area contributed by atoms with Crippen molar-refractivity contribution in [3.63, 3.8) is 0 Å². The molecule has 3 nitrogen and oxygen atoms in total. The van der Waals surface area contributed by atoms with E-state index in [0.29, 0.717) is 5.41 Å². The molecule has 0 bridgehead atoms. The molecule has 0 radical (unpaired) electrons. The fourth-order valence-electron chi connectivity index (χ4n) is 2.29. The minimum atomic E-state index is 0.434. The highest BCUT2D eigenvalue weighted by molar-refractivity contribution is 4.86. The Morgan fingerprint density at radius 3 is 2.39 bits per heavy atom. The van der Waals surface area contributed by atoms with E-state index >= 15 is 0 Å². The molecule has 108 valence electrons. The third-order valence-electron chi connectivity index (χ3n) is 4.26. The monoisotopic (exact) mass is 257 g/mol. The molecule has 1 aliphatic rings. The Labute approximate surface area is 113 Å². The number of hydrogen-bond donors (Lipinski definition) is 1. The quantitative estimate of drug-likeness (QED) is 0.545. The smallest absolute Gasteiger partial charge is 0.0487 e. The molecule has 0 spiro atoms. The van der Waals surface area contributed by atoms with Crippen LogP contribution in [0, 0.1) is 5.41 Å². The van der Waals surface area contributed by atoms with Gasteiger partial charge in [-0.3, -0.25) is 0 Å². The molecule has 0 aromatic carbocycles. The summed E-state index contributed by atoms with van der Waals surface area (Å²) in [5.41, 5.74) is 0.434. The van der Waals surface area contributed by atoms with Gasteiger partial charge in [0.25, 0.3) is 0 Å². The Morgan fingerprint density at radius 1 is 1.11 bits per heavy atom. The topological polar surface area (TPSA) is 30.5 Å². The molecule has 0 unspecified atom stereocenters. The molecule has 1 N–H and O–H groups in total. The van der Waals surface area contributed by atoms with Gasteiger partial charge < -0.3 is 14.8 Å². The van der Waals surface area contributed by atoms with Crippen LogP contribution < -0.4 is 5.32 Å². The summed E-state index contributed by atoms with van der Waals surface area (Å²) < 4.78 is 10.7. The van der Waals surface area contributed by atoms with Gasteiger partial charge in [0.15, 0.2) is 0 Å². The number of nitrogens with one attached hydrogen (secondary N) is 1. The Kier molecular flexibility index (Phi) is 7.87. The van der Waals surface area contributed by atoms with Crippen LogP contribution in [0.4, 0.5) is 0 Å². The number of hydrogen-bond acceptors (Lipinski definition) is 3. The van der Waals surface area contributed by atoms with Crippen molar-refractivity contribution in [1.29, 1.82) is 0 Å². The van der Waals surface area contributed by atoms with Crippen molar-refractivity contribution < 1.29 is 9.47 Å². The van der Waals surface area contributed by atoms with Gasteiger partial charge in [-0.1, -0.05) is 13.8 Å². The van der Waals surface area contributed by atoms with Gasteiger partial charge in [-0.15, -0.1) is 0 Å². The Bertz CT molecular complexity index is 201. The molecule has 18 heavy (non-hydrogen) atoms. The molecule has 0 amide bonds. The number of rotatable bonds is 12. The van der Waals surface area contributed by atoms with Crippen LogP contribution in [0.1, 0.15) is 52.4 Å². The number of methoxy groups -OCH3 is 1. The largest absolute Gasteiger partial charge is 0.385 e. The molecular formula is C15H31NO2.